The van der Waals surface area contributed by atoms with Gasteiger partial charge in [-0.15, -0.1) is 0 Å². The molecule has 0 saturated heterocycles. The van der Waals surface area contributed by atoms with Gasteiger partial charge in [-0.3, -0.25) is 10.1 Å². The summed E-state index contributed by atoms with van der Waals surface area (Å²) in [5, 5.41) is 5.91. The fourth-order valence-corrected chi connectivity index (χ4v) is 2.68. The molecule has 0 heterocycles. The number of hydrogen-bond acceptors (Lipinski definition) is 3. The van der Waals surface area contributed by atoms with Gasteiger partial charge in [0.2, 0.25) is 0 Å². The predicted octanol–water partition coefficient (Wildman–Crippen LogP) is 4.28. The summed E-state index contributed by atoms with van der Waals surface area (Å²) in [6, 6.07) is 12.9. The van der Waals surface area contributed by atoms with E-state index in [1.807, 2.05) is 38.1 Å². The summed E-state index contributed by atoms with van der Waals surface area (Å²) in [5.41, 5.74) is 2.44. The topological polar surface area (TPSA) is 50.4 Å². The van der Waals surface area contributed by atoms with Gasteiger partial charge in [0, 0.05) is 11.3 Å². The quantitative estimate of drug-likeness (QED) is 0.762. The van der Waals surface area contributed by atoms with Crippen LogP contribution in [0.25, 0.3) is 0 Å². The summed E-state index contributed by atoms with van der Waals surface area (Å²) < 4.78 is 6.15. The summed E-state index contributed by atoms with van der Waals surface area (Å²) in [7, 11) is 0. The zero-order valence-corrected chi connectivity index (χ0v) is 15.3. The Morgan fingerprint density at radius 2 is 2.04 bits per heavy atom. The molecule has 0 bridgehead atoms. The first-order valence-corrected chi connectivity index (χ1v) is 8.31. The lowest BCUT2D eigenvalue weighted by Gasteiger charge is -2.11. The SMILES string of the molecule is CCOc1ccc(C(=O)NC(=S)Nc2cccc(C)c2)cc1Br. The molecule has 0 aliphatic heterocycles. The van der Waals surface area contributed by atoms with Gasteiger partial charge in [0.25, 0.3) is 5.91 Å². The summed E-state index contributed by atoms with van der Waals surface area (Å²) in [6.07, 6.45) is 0. The Labute approximate surface area is 149 Å². The van der Waals surface area contributed by atoms with Crippen molar-refractivity contribution in [2.75, 3.05) is 11.9 Å². The minimum Gasteiger partial charge on any atom is -0.493 e. The number of halogens is 1. The first-order valence-electron chi connectivity index (χ1n) is 7.11. The van der Waals surface area contributed by atoms with Crippen molar-refractivity contribution in [1.29, 1.82) is 0 Å². The fourth-order valence-electron chi connectivity index (χ4n) is 1.98. The van der Waals surface area contributed by atoms with Gasteiger partial charge < -0.3 is 10.1 Å². The fraction of sp³-hybridized carbons (Fsp3) is 0.176. The number of anilines is 1. The normalized spacial score (nSPS) is 10.0. The van der Waals surface area contributed by atoms with Crippen LogP contribution in [0.3, 0.4) is 0 Å². The lowest BCUT2D eigenvalue weighted by Crippen LogP contribution is -2.34. The molecule has 2 N–H and O–H groups in total. The first kappa shape index (κ1) is 17.4. The van der Waals surface area contributed by atoms with Crippen molar-refractivity contribution in [2.24, 2.45) is 0 Å². The third kappa shape index (κ3) is 5.04. The maximum Gasteiger partial charge on any atom is 0.257 e. The summed E-state index contributed by atoms with van der Waals surface area (Å²) in [6.45, 7) is 4.46. The molecule has 0 aliphatic carbocycles. The molecule has 0 aromatic heterocycles. The van der Waals surface area contributed by atoms with Crippen molar-refractivity contribution in [3.8, 4) is 5.75 Å². The average Bonchev–Trinajstić information content (AvgIpc) is 2.49. The van der Waals surface area contributed by atoms with Gasteiger partial charge in [0.05, 0.1) is 11.1 Å². The van der Waals surface area contributed by atoms with Crippen LogP contribution in [0.15, 0.2) is 46.9 Å². The molecule has 2 aromatic rings. The third-order valence-electron chi connectivity index (χ3n) is 3.00. The number of aryl methyl sites for hydroxylation is 1. The van der Waals surface area contributed by atoms with E-state index in [2.05, 4.69) is 26.6 Å². The second-order valence-electron chi connectivity index (χ2n) is 4.86. The predicted molar refractivity (Wildman–Crippen MR) is 100 cm³/mol. The molecule has 0 fully saturated rings. The molecule has 0 aliphatic rings. The minimum atomic E-state index is -0.279. The van der Waals surface area contributed by atoms with Crippen molar-refractivity contribution in [3.63, 3.8) is 0 Å². The van der Waals surface area contributed by atoms with Crippen LogP contribution in [0.4, 0.5) is 5.69 Å². The maximum atomic E-state index is 12.2. The third-order valence-corrected chi connectivity index (χ3v) is 3.82. The highest BCUT2D eigenvalue weighted by Gasteiger charge is 2.11. The second-order valence-corrected chi connectivity index (χ2v) is 6.12. The molecule has 4 nitrogen and oxygen atoms in total. The van der Waals surface area contributed by atoms with Gasteiger partial charge in [-0.2, -0.15) is 0 Å². The summed E-state index contributed by atoms with van der Waals surface area (Å²) in [5.74, 6) is 0.420. The zero-order chi connectivity index (χ0) is 16.8. The number of hydrogen-bond donors (Lipinski definition) is 2. The van der Waals surface area contributed by atoms with Crippen LogP contribution in [-0.4, -0.2) is 17.6 Å². The van der Waals surface area contributed by atoms with Crippen molar-refractivity contribution < 1.29 is 9.53 Å². The Morgan fingerprint density at radius 1 is 1.26 bits per heavy atom. The van der Waals surface area contributed by atoms with Crippen LogP contribution in [-0.2, 0) is 0 Å². The molecule has 0 atom stereocenters. The van der Waals surface area contributed by atoms with Gasteiger partial charge >= 0.3 is 0 Å². The summed E-state index contributed by atoms with van der Waals surface area (Å²) >= 11 is 8.57. The van der Waals surface area contributed by atoms with Crippen LogP contribution < -0.4 is 15.4 Å². The Bertz CT molecular complexity index is 734. The highest BCUT2D eigenvalue weighted by Crippen LogP contribution is 2.26. The number of nitrogens with one attached hydrogen (secondary N) is 2. The molecule has 0 radical (unpaired) electrons. The number of rotatable bonds is 4. The number of benzene rings is 2. The molecule has 2 rings (SSSR count). The number of carbonyl (C=O) groups excluding carboxylic acids is 1. The summed E-state index contributed by atoms with van der Waals surface area (Å²) in [4.78, 5) is 12.2. The first-order chi connectivity index (χ1) is 11.0. The van der Waals surface area contributed by atoms with Gasteiger partial charge in [-0.05, 0) is 77.9 Å². The molecule has 23 heavy (non-hydrogen) atoms. The molecule has 0 saturated carbocycles. The number of amides is 1. The zero-order valence-electron chi connectivity index (χ0n) is 12.9. The number of thiocarbonyl (C=S) groups is 1. The van der Waals surface area contributed by atoms with E-state index in [9.17, 15) is 4.79 Å². The Morgan fingerprint density at radius 3 is 2.70 bits per heavy atom. The van der Waals surface area contributed by atoms with Crippen molar-refractivity contribution in [1.82, 2.24) is 5.32 Å². The van der Waals surface area contributed by atoms with Crippen LogP contribution in [0.2, 0.25) is 0 Å². The van der Waals surface area contributed by atoms with Gasteiger partial charge in [0.1, 0.15) is 5.75 Å². The minimum absolute atomic E-state index is 0.255. The van der Waals surface area contributed by atoms with E-state index in [-0.39, 0.29) is 11.0 Å². The van der Waals surface area contributed by atoms with Crippen LogP contribution in [0, 0.1) is 6.92 Å². The van der Waals surface area contributed by atoms with Gasteiger partial charge in [-0.1, -0.05) is 12.1 Å². The molecular formula is C17H17BrN2O2S. The van der Waals surface area contributed by atoms with Crippen molar-refractivity contribution >= 4 is 44.9 Å². The molecule has 1 amide bonds. The van der Waals surface area contributed by atoms with E-state index < -0.39 is 0 Å². The van der Waals surface area contributed by atoms with Crippen LogP contribution >= 0.6 is 28.1 Å². The molecule has 2 aromatic carbocycles. The lowest BCUT2D eigenvalue weighted by molar-refractivity contribution is 0.0977. The molecule has 0 unspecified atom stereocenters. The second kappa shape index (κ2) is 8.08. The Kier molecular flexibility index (Phi) is 6.12. The average molecular weight is 393 g/mol. The van der Waals surface area contributed by atoms with Gasteiger partial charge in [0.15, 0.2) is 5.11 Å². The number of ether oxygens (including phenoxy) is 1. The maximum absolute atomic E-state index is 12.2. The molecular weight excluding hydrogens is 376 g/mol. The largest absolute Gasteiger partial charge is 0.493 e. The Balaban J connectivity index is 2.01. The van der Waals surface area contributed by atoms with E-state index in [4.69, 9.17) is 17.0 Å². The van der Waals surface area contributed by atoms with E-state index in [0.29, 0.717) is 17.9 Å². The monoisotopic (exact) mass is 392 g/mol. The van der Waals surface area contributed by atoms with Crippen molar-refractivity contribution in [3.05, 3.63) is 58.1 Å². The van der Waals surface area contributed by atoms with E-state index >= 15 is 0 Å². The van der Waals surface area contributed by atoms with Gasteiger partial charge in [-0.25, -0.2) is 0 Å². The molecule has 120 valence electrons. The number of carbonyl (C=O) groups is 1. The van der Waals surface area contributed by atoms with E-state index in [0.717, 1.165) is 15.7 Å². The van der Waals surface area contributed by atoms with Crippen LogP contribution in [0.5, 0.6) is 5.75 Å². The van der Waals surface area contributed by atoms with Crippen LogP contribution in [0.1, 0.15) is 22.8 Å². The van der Waals surface area contributed by atoms with Crippen molar-refractivity contribution in [2.45, 2.75) is 13.8 Å². The molecule has 6 heteroatoms. The lowest BCUT2D eigenvalue weighted by atomic mass is 10.2. The van der Waals surface area contributed by atoms with E-state index in [1.54, 1.807) is 18.2 Å². The standard InChI is InChI=1S/C17H17BrN2O2S/c1-3-22-15-8-7-12(10-14(15)18)16(21)20-17(23)19-13-6-4-5-11(2)9-13/h4-10H,3H2,1-2H3,(H2,19,20,21,23). The Hall–Kier alpha value is -1.92. The highest BCUT2D eigenvalue weighted by molar-refractivity contribution is 9.10. The molecule has 0 spiro atoms. The smallest absolute Gasteiger partial charge is 0.257 e. The van der Waals surface area contributed by atoms with E-state index in [1.165, 1.54) is 0 Å². The highest BCUT2D eigenvalue weighted by atomic mass is 79.9.